The summed E-state index contributed by atoms with van der Waals surface area (Å²) in [4.78, 5) is 26.4. The maximum absolute atomic E-state index is 14.0. The zero-order valence-corrected chi connectivity index (χ0v) is 15.9. The topological polar surface area (TPSA) is 102 Å². The summed E-state index contributed by atoms with van der Waals surface area (Å²) in [6, 6.07) is 9.12. The Morgan fingerprint density at radius 3 is 2.54 bits per heavy atom. The van der Waals surface area contributed by atoms with Gasteiger partial charge in [0.05, 0.1) is 17.2 Å². The zero-order chi connectivity index (χ0) is 20.8. The number of benzene rings is 2. The Morgan fingerprint density at radius 1 is 1.32 bits per heavy atom. The fourth-order valence-corrected chi connectivity index (χ4v) is 2.71. The van der Waals surface area contributed by atoms with Crippen molar-refractivity contribution >= 4 is 52.5 Å². The molecule has 0 aliphatic heterocycles. The minimum Gasteiger partial charge on any atom is -0.506 e. The summed E-state index contributed by atoms with van der Waals surface area (Å²) >= 11 is 11.5. The Balaban J connectivity index is 2.68. The van der Waals surface area contributed by atoms with Crippen LogP contribution in [0.1, 0.15) is 12.5 Å². The van der Waals surface area contributed by atoms with E-state index in [0.717, 1.165) is 6.21 Å². The highest BCUT2D eigenvalue weighted by molar-refractivity contribution is 6.39. The van der Waals surface area contributed by atoms with E-state index in [0.29, 0.717) is 11.8 Å². The number of carbonyl (C=O) groups excluding carboxylic acids is 1. The van der Waals surface area contributed by atoms with Gasteiger partial charge in [0.1, 0.15) is 22.2 Å². The molecule has 2 aromatic rings. The van der Waals surface area contributed by atoms with Gasteiger partial charge in [-0.05, 0) is 25.1 Å². The number of carbonyl (C=O) groups is 1. The quantitative estimate of drug-likeness (QED) is 0.129. The molecule has 0 saturated carbocycles. The number of nitro benzene ring substituents is 1. The number of esters is 1. The normalized spacial score (nSPS) is 12.0. The number of para-hydroxylation sites is 1. The summed E-state index contributed by atoms with van der Waals surface area (Å²) < 4.78 is 18.9. The molecule has 0 unspecified atom stereocenters. The molecule has 0 spiro atoms. The molecule has 0 fully saturated rings. The molecule has 0 aromatic heterocycles. The number of nitro groups is 1. The minimum absolute atomic E-state index is 0.0162. The number of hydrogen-bond donors (Lipinski definition) is 1. The third-order valence-electron chi connectivity index (χ3n) is 3.42. The highest BCUT2D eigenvalue weighted by atomic mass is 35.5. The molecule has 2 rings (SSSR count). The predicted octanol–water partition coefficient (Wildman–Crippen LogP) is 5.28. The number of rotatable bonds is 6. The Hall–Kier alpha value is -2.97. The number of aliphatic imine (C=N–C) groups is 1. The monoisotopic (exact) mass is 426 g/mol. The van der Waals surface area contributed by atoms with E-state index in [1.807, 2.05) is 0 Å². The van der Waals surface area contributed by atoms with Gasteiger partial charge in [0, 0.05) is 11.8 Å². The first-order valence-corrected chi connectivity index (χ1v) is 8.55. The molecule has 0 amide bonds. The molecule has 7 nitrogen and oxygen atoms in total. The smallest absolute Gasteiger partial charge is 0.343 e. The van der Waals surface area contributed by atoms with Crippen LogP contribution in [0.4, 0.5) is 15.8 Å². The zero-order valence-electron chi connectivity index (χ0n) is 14.4. The first kappa shape index (κ1) is 21.3. The maximum atomic E-state index is 14.0. The van der Waals surface area contributed by atoms with Gasteiger partial charge >= 0.3 is 11.7 Å². The number of nitrogens with zero attached hydrogens (tertiary/aromatic N) is 2. The lowest BCUT2D eigenvalue weighted by Gasteiger charge is -2.10. The highest BCUT2D eigenvalue weighted by Crippen LogP contribution is 2.40. The average molecular weight is 427 g/mol. The number of halogens is 3. The molecule has 1 N–H and O–H groups in total. The van der Waals surface area contributed by atoms with Crippen molar-refractivity contribution in [3.63, 3.8) is 0 Å². The van der Waals surface area contributed by atoms with Crippen LogP contribution in [-0.4, -0.2) is 28.8 Å². The minimum atomic E-state index is -1.19. The molecule has 2 aromatic carbocycles. The van der Waals surface area contributed by atoms with Crippen molar-refractivity contribution in [3.8, 4) is 0 Å². The van der Waals surface area contributed by atoms with Crippen LogP contribution in [0.25, 0.3) is 5.76 Å². The Kier molecular flexibility index (Phi) is 7.08. The van der Waals surface area contributed by atoms with Crippen molar-refractivity contribution in [1.29, 1.82) is 0 Å². The number of aliphatic hydroxyl groups is 1. The molecule has 28 heavy (non-hydrogen) atoms. The lowest BCUT2D eigenvalue weighted by molar-refractivity contribution is -0.384. The number of hydrogen-bond acceptors (Lipinski definition) is 6. The van der Waals surface area contributed by atoms with Gasteiger partial charge < -0.3 is 9.84 Å². The van der Waals surface area contributed by atoms with Crippen LogP contribution in [0.15, 0.2) is 47.0 Å². The summed E-state index contributed by atoms with van der Waals surface area (Å²) in [6.07, 6.45) is 0.997. The molecule has 10 heteroatoms. The van der Waals surface area contributed by atoms with E-state index < -0.39 is 49.3 Å². The molecular weight excluding hydrogens is 414 g/mol. The van der Waals surface area contributed by atoms with Crippen molar-refractivity contribution in [2.75, 3.05) is 6.61 Å². The van der Waals surface area contributed by atoms with Crippen molar-refractivity contribution in [1.82, 2.24) is 0 Å². The number of aliphatic hydroxyl groups excluding tert-OH is 1. The van der Waals surface area contributed by atoms with Crippen LogP contribution >= 0.6 is 23.2 Å². The maximum Gasteiger partial charge on any atom is 0.343 e. The second kappa shape index (κ2) is 9.29. The molecule has 0 saturated heterocycles. The summed E-state index contributed by atoms with van der Waals surface area (Å²) in [7, 11) is 0. The van der Waals surface area contributed by atoms with Gasteiger partial charge in [-0.1, -0.05) is 41.4 Å². The fourth-order valence-electron chi connectivity index (χ4n) is 2.14. The lowest BCUT2D eigenvalue weighted by Crippen LogP contribution is -2.12. The molecule has 0 aliphatic rings. The lowest BCUT2D eigenvalue weighted by atomic mass is 10.1. The van der Waals surface area contributed by atoms with Gasteiger partial charge in [0.2, 0.25) is 0 Å². The van der Waals surface area contributed by atoms with E-state index >= 15 is 0 Å². The molecule has 0 bridgehead atoms. The SMILES string of the molecule is CCOC(=O)C(C=Nc1ccccc1)=C(O)c1cc(F)c(Cl)c([N+](=O)[O-])c1Cl. The Morgan fingerprint density at radius 2 is 1.96 bits per heavy atom. The highest BCUT2D eigenvalue weighted by Gasteiger charge is 2.28. The van der Waals surface area contributed by atoms with Crippen LogP contribution < -0.4 is 0 Å². The van der Waals surface area contributed by atoms with E-state index in [-0.39, 0.29) is 6.61 Å². The van der Waals surface area contributed by atoms with E-state index in [1.54, 1.807) is 37.3 Å². The van der Waals surface area contributed by atoms with Gasteiger partial charge in [-0.25, -0.2) is 9.18 Å². The van der Waals surface area contributed by atoms with Gasteiger partial charge in [-0.15, -0.1) is 0 Å². The molecule has 0 aliphatic carbocycles. The van der Waals surface area contributed by atoms with Crippen LogP contribution in [0.5, 0.6) is 0 Å². The van der Waals surface area contributed by atoms with Gasteiger partial charge in [0.25, 0.3) is 0 Å². The van der Waals surface area contributed by atoms with E-state index in [2.05, 4.69) is 4.99 Å². The average Bonchev–Trinajstić information content (AvgIpc) is 2.65. The first-order valence-electron chi connectivity index (χ1n) is 7.79. The third kappa shape index (κ3) is 4.65. The van der Waals surface area contributed by atoms with E-state index in [9.17, 15) is 24.4 Å². The van der Waals surface area contributed by atoms with Crippen LogP contribution in [-0.2, 0) is 9.53 Å². The molecule has 0 radical (unpaired) electrons. The van der Waals surface area contributed by atoms with Gasteiger partial charge in [0.15, 0.2) is 5.02 Å². The largest absolute Gasteiger partial charge is 0.506 e. The molecule has 146 valence electrons. The van der Waals surface area contributed by atoms with Gasteiger partial charge in [-0.3, -0.25) is 15.1 Å². The summed E-state index contributed by atoms with van der Waals surface area (Å²) in [5.41, 5.74) is -1.45. The molecular formula is C18H13Cl2FN2O5. The van der Waals surface area contributed by atoms with E-state index in [1.165, 1.54) is 0 Å². The first-order chi connectivity index (χ1) is 13.3. The van der Waals surface area contributed by atoms with Gasteiger partial charge in [-0.2, -0.15) is 0 Å². The molecule has 0 heterocycles. The Bertz CT molecular complexity index is 978. The van der Waals surface area contributed by atoms with Crippen molar-refractivity contribution in [3.05, 3.63) is 73.5 Å². The standard InChI is InChI=1S/C18H13Cl2FN2O5/c1-2-28-18(25)12(9-22-10-6-4-3-5-7-10)17(24)11-8-13(21)15(20)16(14(11)19)23(26)27/h3-9,24H,2H2,1H3. The van der Waals surface area contributed by atoms with Crippen LogP contribution in [0.3, 0.4) is 0 Å². The summed E-state index contributed by atoms with van der Waals surface area (Å²) in [5, 5.41) is 20.2. The second-order valence-corrected chi connectivity index (χ2v) is 5.97. The van der Waals surface area contributed by atoms with Crippen molar-refractivity contribution in [2.24, 2.45) is 4.99 Å². The van der Waals surface area contributed by atoms with E-state index in [4.69, 9.17) is 27.9 Å². The Labute approximate surface area is 168 Å². The van der Waals surface area contributed by atoms with Crippen LogP contribution in [0.2, 0.25) is 10.0 Å². The molecule has 0 atom stereocenters. The third-order valence-corrected chi connectivity index (χ3v) is 4.16. The summed E-state index contributed by atoms with van der Waals surface area (Å²) in [6.45, 7) is 1.53. The van der Waals surface area contributed by atoms with Crippen molar-refractivity contribution < 1.29 is 24.0 Å². The number of ether oxygens (including phenoxy) is 1. The predicted molar refractivity (Wildman–Crippen MR) is 104 cm³/mol. The second-order valence-electron chi connectivity index (χ2n) is 5.22. The fraction of sp³-hybridized carbons (Fsp3) is 0.111. The van der Waals surface area contributed by atoms with Crippen LogP contribution in [0, 0.1) is 15.9 Å². The van der Waals surface area contributed by atoms with Crippen molar-refractivity contribution in [2.45, 2.75) is 6.92 Å². The summed E-state index contributed by atoms with van der Waals surface area (Å²) in [5.74, 6) is -3.02.